The van der Waals surface area contributed by atoms with E-state index in [0.717, 1.165) is 5.56 Å². The predicted molar refractivity (Wildman–Crippen MR) is 102 cm³/mol. The van der Waals surface area contributed by atoms with Crippen molar-refractivity contribution in [3.8, 4) is 5.75 Å². The molecule has 0 bridgehead atoms. The van der Waals surface area contributed by atoms with Crippen molar-refractivity contribution >= 4 is 11.6 Å². The van der Waals surface area contributed by atoms with Gasteiger partial charge >= 0.3 is 5.97 Å². The number of fused-ring (bicyclic) bond motifs is 1. The summed E-state index contributed by atoms with van der Waals surface area (Å²) in [6.45, 7) is 5.85. The van der Waals surface area contributed by atoms with Gasteiger partial charge in [-0.3, -0.25) is 9.20 Å². The lowest BCUT2D eigenvalue weighted by Crippen LogP contribution is -2.18. The number of pyridine rings is 1. The molecule has 27 heavy (non-hydrogen) atoms. The molecule has 6 nitrogen and oxygen atoms in total. The van der Waals surface area contributed by atoms with Gasteiger partial charge in [0.15, 0.2) is 6.61 Å². The molecule has 0 amide bonds. The summed E-state index contributed by atoms with van der Waals surface area (Å²) >= 11 is 0. The summed E-state index contributed by atoms with van der Waals surface area (Å²) in [6.07, 6.45) is 1.72. The van der Waals surface area contributed by atoms with Gasteiger partial charge in [0.05, 0.1) is 5.69 Å². The summed E-state index contributed by atoms with van der Waals surface area (Å²) in [5.74, 6) is 0.522. The smallest absolute Gasteiger partial charge is 0.344 e. The fourth-order valence-corrected chi connectivity index (χ4v) is 2.62. The van der Waals surface area contributed by atoms with Crippen molar-refractivity contribution in [1.82, 2.24) is 9.38 Å². The largest absolute Gasteiger partial charge is 0.482 e. The zero-order chi connectivity index (χ0) is 19.4. The summed E-state index contributed by atoms with van der Waals surface area (Å²) in [6, 6.07) is 12.6. The summed E-state index contributed by atoms with van der Waals surface area (Å²) in [5.41, 5.74) is 2.87. The highest BCUT2D eigenvalue weighted by Crippen LogP contribution is 2.18. The molecule has 0 aliphatic heterocycles. The van der Waals surface area contributed by atoms with Gasteiger partial charge in [-0.15, -0.1) is 0 Å². The summed E-state index contributed by atoms with van der Waals surface area (Å²) < 4.78 is 12.1. The van der Waals surface area contributed by atoms with Gasteiger partial charge in [0.2, 0.25) is 0 Å². The highest BCUT2D eigenvalue weighted by atomic mass is 16.6. The number of rotatable bonds is 6. The van der Waals surface area contributed by atoms with Gasteiger partial charge in [0.25, 0.3) is 5.56 Å². The van der Waals surface area contributed by atoms with Crippen LogP contribution in [0.2, 0.25) is 0 Å². The van der Waals surface area contributed by atoms with E-state index in [-0.39, 0.29) is 18.8 Å². The molecule has 3 rings (SSSR count). The van der Waals surface area contributed by atoms with Crippen LogP contribution in [0.3, 0.4) is 0 Å². The Morgan fingerprint density at radius 2 is 1.89 bits per heavy atom. The molecule has 140 valence electrons. The lowest BCUT2D eigenvalue weighted by molar-refractivity contribution is -0.147. The Kier molecular flexibility index (Phi) is 5.54. The van der Waals surface area contributed by atoms with Gasteiger partial charge in [0, 0.05) is 12.3 Å². The first kappa shape index (κ1) is 18.6. The van der Waals surface area contributed by atoms with E-state index in [1.54, 1.807) is 12.3 Å². The number of benzene rings is 1. The Morgan fingerprint density at radius 3 is 2.59 bits per heavy atom. The molecule has 0 atom stereocenters. The minimum Gasteiger partial charge on any atom is -0.482 e. The number of carbonyl (C=O) groups is 1. The molecular formula is C21H22N2O4. The molecule has 2 aromatic heterocycles. The maximum absolute atomic E-state index is 12.1. The van der Waals surface area contributed by atoms with Gasteiger partial charge in [-0.1, -0.05) is 32.0 Å². The highest BCUT2D eigenvalue weighted by Gasteiger charge is 2.08. The number of hydrogen-bond donors (Lipinski definition) is 0. The van der Waals surface area contributed by atoms with Gasteiger partial charge in [-0.05, 0) is 42.2 Å². The van der Waals surface area contributed by atoms with E-state index in [1.165, 1.54) is 16.0 Å². The van der Waals surface area contributed by atoms with Crippen molar-refractivity contribution < 1.29 is 14.3 Å². The zero-order valence-corrected chi connectivity index (χ0v) is 15.6. The average Bonchev–Trinajstić information content (AvgIpc) is 2.65. The van der Waals surface area contributed by atoms with Gasteiger partial charge in [-0.2, -0.15) is 0 Å². The summed E-state index contributed by atoms with van der Waals surface area (Å²) in [7, 11) is 0. The van der Waals surface area contributed by atoms with Crippen molar-refractivity contribution in [2.75, 3.05) is 6.61 Å². The molecule has 3 aromatic rings. The Labute approximate surface area is 157 Å². The minimum absolute atomic E-state index is 0.0753. The molecule has 0 radical (unpaired) electrons. The normalized spacial score (nSPS) is 11.0. The highest BCUT2D eigenvalue weighted by molar-refractivity contribution is 5.71. The number of aryl methyl sites for hydroxylation is 1. The van der Waals surface area contributed by atoms with Crippen molar-refractivity contribution in [3.05, 3.63) is 75.8 Å². The summed E-state index contributed by atoms with van der Waals surface area (Å²) in [5, 5.41) is 0. The topological polar surface area (TPSA) is 69.9 Å². The van der Waals surface area contributed by atoms with Crippen LogP contribution < -0.4 is 10.3 Å². The third-order valence-electron chi connectivity index (χ3n) is 4.15. The molecule has 1 aromatic carbocycles. The van der Waals surface area contributed by atoms with Crippen molar-refractivity contribution in [2.45, 2.75) is 33.3 Å². The van der Waals surface area contributed by atoms with Crippen LogP contribution in [0.25, 0.3) is 5.65 Å². The van der Waals surface area contributed by atoms with Gasteiger partial charge in [0.1, 0.15) is 18.0 Å². The first-order valence-electron chi connectivity index (χ1n) is 8.80. The maximum Gasteiger partial charge on any atom is 0.344 e. The molecule has 0 spiro atoms. The zero-order valence-electron chi connectivity index (χ0n) is 15.6. The first-order valence-corrected chi connectivity index (χ1v) is 8.80. The third kappa shape index (κ3) is 4.73. The second kappa shape index (κ2) is 8.03. The van der Waals surface area contributed by atoms with E-state index in [2.05, 4.69) is 18.8 Å². The number of aromatic nitrogens is 2. The Morgan fingerprint density at radius 1 is 1.15 bits per heavy atom. The lowest BCUT2D eigenvalue weighted by Gasteiger charge is -2.09. The van der Waals surface area contributed by atoms with Crippen LogP contribution in [-0.4, -0.2) is 22.0 Å². The lowest BCUT2D eigenvalue weighted by atomic mass is 10.0. The van der Waals surface area contributed by atoms with Crippen molar-refractivity contribution in [2.24, 2.45) is 0 Å². The van der Waals surface area contributed by atoms with Gasteiger partial charge in [-0.25, -0.2) is 9.78 Å². The van der Waals surface area contributed by atoms with Crippen LogP contribution in [0, 0.1) is 6.92 Å². The number of nitrogens with zero attached hydrogens (tertiary/aromatic N) is 2. The Balaban J connectivity index is 1.56. The molecule has 0 unspecified atom stereocenters. The molecular weight excluding hydrogens is 344 g/mol. The van der Waals surface area contributed by atoms with E-state index in [0.29, 0.717) is 23.0 Å². The van der Waals surface area contributed by atoms with Gasteiger partial charge < -0.3 is 9.47 Å². The average molecular weight is 366 g/mol. The molecule has 0 fully saturated rings. The first-order chi connectivity index (χ1) is 12.9. The SMILES string of the molecule is Cc1ccc2nc(COC(=O)COc3ccc(C(C)C)cc3)cc(=O)n2c1. The summed E-state index contributed by atoms with van der Waals surface area (Å²) in [4.78, 5) is 28.4. The van der Waals surface area contributed by atoms with Crippen LogP contribution in [0.4, 0.5) is 0 Å². The molecule has 0 saturated carbocycles. The standard InChI is InChI=1S/C21H22N2O4/c1-14(2)16-5-7-18(8-6-16)26-13-21(25)27-12-17-10-20(24)23-11-15(3)4-9-19(23)22-17/h4-11,14H,12-13H2,1-3H3. The van der Waals surface area contributed by atoms with Crippen molar-refractivity contribution in [3.63, 3.8) is 0 Å². The number of ether oxygens (including phenoxy) is 2. The quantitative estimate of drug-likeness (QED) is 0.627. The van der Waals surface area contributed by atoms with Crippen LogP contribution >= 0.6 is 0 Å². The Hall–Kier alpha value is -3.15. The van der Waals surface area contributed by atoms with Crippen LogP contribution in [-0.2, 0) is 16.1 Å². The van der Waals surface area contributed by atoms with Crippen LogP contribution in [0.15, 0.2) is 53.5 Å². The number of carbonyl (C=O) groups excluding carboxylic acids is 1. The molecule has 6 heteroatoms. The van der Waals surface area contributed by atoms with Crippen LogP contribution in [0.5, 0.6) is 5.75 Å². The number of esters is 1. The predicted octanol–water partition coefficient (Wildman–Crippen LogP) is 3.25. The second-order valence-electron chi connectivity index (χ2n) is 6.69. The van der Waals surface area contributed by atoms with E-state index in [4.69, 9.17) is 9.47 Å². The number of hydrogen-bond acceptors (Lipinski definition) is 5. The van der Waals surface area contributed by atoms with E-state index in [1.807, 2.05) is 37.3 Å². The maximum atomic E-state index is 12.1. The second-order valence-corrected chi connectivity index (χ2v) is 6.69. The molecule has 0 saturated heterocycles. The molecule has 0 N–H and O–H groups in total. The molecule has 2 heterocycles. The molecule has 0 aliphatic rings. The Bertz CT molecular complexity index is 1010. The molecule has 0 aliphatic carbocycles. The monoisotopic (exact) mass is 366 g/mol. The third-order valence-corrected chi connectivity index (χ3v) is 4.15. The van der Waals surface area contributed by atoms with Crippen molar-refractivity contribution in [1.29, 1.82) is 0 Å². The minimum atomic E-state index is -0.520. The fourth-order valence-electron chi connectivity index (χ4n) is 2.62. The van der Waals surface area contributed by atoms with E-state index >= 15 is 0 Å². The van der Waals surface area contributed by atoms with E-state index in [9.17, 15) is 9.59 Å². The van der Waals surface area contributed by atoms with Crippen LogP contribution in [0.1, 0.15) is 36.6 Å². The van der Waals surface area contributed by atoms with E-state index < -0.39 is 5.97 Å². The fraction of sp³-hybridized carbons (Fsp3) is 0.286.